The number of hydrogen-bond donors (Lipinski definition) is 1. The minimum Gasteiger partial charge on any atom is -0.542 e. The van der Waals surface area contributed by atoms with Gasteiger partial charge in [0, 0.05) is 13.0 Å². The van der Waals surface area contributed by atoms with Crippen molar-refractivity contribution in [3.8, 4) is 0 Å². The Morgan fingerprint density at radius 2 is 2.23 bits per heavy atom. The highest BCUT2D eigenvalue weighted by atomic mass is 32.1. The number of carbonyl (C=O) groups excluding carboxylic acids is 1. The minimum atomic E-state index is -1.29. The number of aromatic nitrogens is 2. The lowest BCUT2D eigenvalue weighted by Crippen LogP contribution is -2.21. The lowest BCUT2D eigenvalue weighted by molar-refractivity contribution is -0.255. The number of unbranched alkanes of at least 4 members (excludes halogenated alkanes) is 1. The molecule has 0 saturated carbocycles. The van der Waals surface area contributed by atoms with E-state index in [0.717, 1.165) is 17.8 Å². The summed E-state index contributed by atoms with van der Waals surface area (Å²) < 4.78 is 0. The molecule has 1 rings (SSSR count). The third-order valence-electron chi connectivity index (χ3n) is 1.44. The second kappa shape index (κ2) is 4.88. The molecule has 0 saturated heterocycles. The Balaban J connectivity index is 2.44. The van der Waals surface area contributed by atoms with Crippen LogP contribution in [-0.2, 0) is 6.42 Å². The Morgan fingerprint density at radius 3 is 2.77 bits per heavy atom. The third-order valence-corrected chi connectivity index (χ3v) is 2.40. The number of aliphatic hydroxyl groups excluding tert-OH is 1. The molecular formula is C7H9N2O3S-. The first-order chi connectivity index (χ1) is 6.24. The van der Waals surface area contributed by atoms with Gasteiger partial charge < -0.3 is 15.0 Å². The fraction of sp³-hybridized carbons (Fsp3) is 0.571. The maximum absolute atomic E-state index is 10.3. The van der Waals surface area contributed by atoms with E-state index >= 15 is 0 Å². The van der Waals surface area contributed by atoms with E-state index in [-0.39, 0.29) is 11.6 Å². The van der Waals surface area contributed by atoms with E-state index in [2.05, 4.69) is 10.2 Å². The number of aromatic carboxylic acids is 1. The van der Waals surface area contributed by atoms with Gasteiger partial charge in [0.2, 0.25) is 0 Å². The molecule has 6 heteroatoms. The quantitative estimate of drug-likeness (QED) is 0.631. The molecule has 0 aromatic carbocycles. The van der Waals surface area contributed by atoms with Gasteiger partial charge in [0.05, 0.1) is 0 Å². The molecule has 0 unspecified atom stereocenters. The molecule has 13 heavy (non-hydrogen) atoms. The zero-order valence-corrected chi connectivity index (χ0v) is 7.71. The van der Waals surface area contributed by atoms with Gasteiger partial charge in [0.15, 0.2) is 5.01 Å². The van der Waals surface area contributed by atoms with Crippen LogP contribution >= 0.6 is 11.3 Å². The van der Waals surface area contributed by atoms with Gasteiger partial charge in [-0.1, -0.05) is 11.3 Å². The van der Waals surface area contributed by atoms with E-state index in [9.17, 15) is 9.90 Å². The molecule has 0 bridgehead atoms. The van der Waals surface area contributed by atoms with E-state index < -0.39 is 5.97 Å². The molecule has 1 aromatic heterocycles. The van der Waals surface area contributed by atoms with E-state index in [1.807, 2.05) is 0 Å². The second-order valence-corrected chi connectivity index (χ2v) is 3.53. The summed E-state index contributed by atoms with van der Waals surface area (Å²) in [7, 11) is 0. The zero-order chi connectivity index (χ0) is 9.68. The van der Waals surface area contributed by atoms with Crippen LogP contribution in [0.2, 0.25) is 0 Å². The van der Waals surface area contributed by atoms with Gasteiger partial charge in [0.25, 0.3) is 0 Å². The molecule has 1 heterocycles. The van der Waals surface area contributed by atoms with Crippen molar-refractivity contribution in [3.05, 3.63) is 10.0 Å². The van der Waals surface area contributed by atoms with Crippen molar-refractivity contribution in [1.29, 1.82) is 0 Å². The smallest absolute Gasteiger partial charge is 0.163 e. The molecule has 0 aliphatic heterocycles. The van der Waals surface area contributed by atoms with Gasteiger partial charge in [-0.3, -0.25) is 0 Å². The molecule has 72 valence electrons. The molecule has 0 spiro atoms. The molecule has 0 aliphatic carbocycles. The summed E-state index contributed by atoms with van der Waals surface area (Å²) >= 11 is 1.03. The number of rotatable bonds is 5. The monoisotopic (exact) mass is 201 g/mol. The lowest BCUT2D eigenvalue weighted by atomic mass is 10.2. The Bertz CT molecular complexity index is 287. The van der Waals surface area contributed by atoms with Gasteiger partial charge in [-0.25, -0.2) is 0 Å². The highest BCUT2D eigenvalue weighted by Gasteiger charge is 2.03. The van der Waals surface area contributed by atoms with Crippen molar-refractivity contribution in [2.75, 3.05) is 6.61 Å². The molecular weight excluding hydrogens is 192 g/mol. The predicted molar refractivity (Wildman–Crippen MR) is 44.3 cm³/mol. The molecule has 1 aromatic rings. The number of carboxylic acids is 1. The topological polar surface area (TPSA) is 86.1 Å². The molecule has 0 fully saturated rings. The van der Waals surface area contributed by atoms with E-state index in [1.54, 1.807) is 0 Å². The fourth-order valence-electron chi connectivity index (χ4n) is 0.825. The summed E-state index contributed by atoms with van der Waals surface area (Å²) in [6.07, 6.45) is 2.14. The highest BCUT2D eigenvalue weighted by molar-refractivity contribution is 7.13. The summed E-state index contributed by atoms with van der Waals surface area (Å²) in [5.41, 5.74) is 0. The Labute approximate surface area is 79.1 Å². The van der Waals surface area contributed by atoms with Crippen LogP contribution in [-0.4, -0.2) is 27.9 Å². The van der Waals surface area contributed by atoms with E-state index in [1.165, 1.54) is 0 Å². The maximum Gasteiger partial charge on any atom is 0.163 e. The first-order valence-corrected chi connectivity index (χ1v) is 4.70. The number of aryl methyl sites for hydroxylation is 1. The number of aliphatic hydroxyl groups is 1. The third kappa shape index (κ3) is 3.08. The van der Waals surface area contributed by atoms with Crippen LogP contribution in [0.5, 0.6) is 0 Å². The molecule has 5 nitrogen and oxygen atoms in total. The van der Waals surface area contributed by atoms with Crippen molar-refractivity contribution < 1.29 is 15.0 Å². The van der Waals surface area contributed by atoms with Crippen molar-refractivity contribution >= 4 is 17.3 Å². The van der Waals surface area contributed by atoms with Crippen LogP contribution in [0.15, 0.2) is 0 Å². The van der Waals surface area contributed by atoms with Crippen molar-refractivity contribution in [1.82, 2.24) is 10.2 Å². The summed E-state index contributed by atoms with van der Waals surface area (Å²) in [4.78, 5) is 10.3. The minimum absolute atomic E-state index is 0.0843. The van der Waals surface area contributed by atoms with Gasteiger partial charge in [-0.2, -0.15) is 0 Å². The lowest BCUT2D eigenvalue weighted by Gasteiger charge is -1.92. The number of hydrogen-bond acceptors (Lipinski definition) is 6. The number of carboxylic acid groups (broad SMARTS) is 1. The molecule has 1 N–H and O–H groups in total. The van der Waals surface area contributed by atoms with Gasteiger partial charge in [-0.05, 0) is 12.8 Å². The second-order valence-electron chi connectivity index (χ2n) is 2.47. The Morgan fingerprint density at radius 1 is 1.46 bits per heavy atom. The first-order valence-electron chi connectivity index (χ1n) is 3.88. The van der Waals surface area contributed by atoms with Crippen LogP contribution in [0.25, 0.3) is 0 Å². The Hall–Kier alpha value is -1.01. The molecule has 0 amide bonds. The summed E-state index contributed by atoms with van der Waals surface area (Å²) in [6, 6.07) is 0. The van der Waals surface area contributed by atoms with Gasteiger partial charge in [-0.15, -0.1) is 10.2 Å². The molecule has 0 atom stereocenters. The van der Waals surface area contributed by atoms with E-state index in [0.29, 0.717) is 17.8 Å². The first kappa shape index (κ1) is 10.1. The summed E-state index contributed by atoms with van der Waals surface area (Å²) in [6.45, 7) is 0.145. The molecule has 0 radical (unpaired) electrons. The fourth-order valence-corrected chi connectivity index (χ4v) is 1.54. The molecule has 0 aliphatic rings. The van der Waals surface area contributed by atoms with Gasteiger partial charge in [0.1, 0.15) is 11.0 Å². The SMILES string of the molecule is O=C([O-])c1nnc(CCCCO)s1. The summed E-state index contributed by atoms with van der Waals surface area (Å²) in [5.74, 6) is -1.29. The van der Waals surface area contributed by atoms with Crippen LogP contribution in [0.1, 0.15) is 27.7 Å². The average Bonchev–Trinajstić information content (AvgIpc) is 2.53. The van der Waals surface area contributed by atoms with Crippen LogP contribution in [0.3, 0.4) is 0 Å². The van der Waals surface area contributed by atoms with Crippen LogP contribution in [0, 0.1) is 0 Å². The van der Waals surface area contributed by atoms with Crippen molar-refractivity contribution in [2.24, 2.45) is 0 Å². The van der Waals surface area contributed by atoms with Crippen molar-refractivity contribution in [2.45, 2.75) is 19.3 Å². The zero-order valence-electron chi connectivity index (χ0n) is 6.89. The standard InChI is InChI=1S/C7H10N2O3S/c10-4-2-1-3-5-8-9-6(13-5)7(11)12/h10H,1-4H2,(H,11,12)/p-1. The van der Waals surface area contributed by atoms with E-state index in [4.69, 9.17) is 5.11 Å². The summed E-state index contributed by atoms with van der Waals surface area (Å²) in [5, 5.41) is 26.5. The van der Waals surface area contributed by atoms with Gasteiger partial charge >= 0.3 is 0 Å². The van der Waals surface area contributed by atoms with Crippen LogP contribution < -0.4 is 5.11 Å². The number of nitrogens with zero attached hydrogens (tertiary/aromatic N) is 2. The highest BCUT2D eigenvalue weighted by Crippen LogP contribution is 2.11. The van der Waals surface area contributed by atoms with Crippen molar-refractivity contribution in [3.63, 3.8) is 0 Å². The maximum atomic E-state index is 10.3. The van der Waals surface area contributed by atoms with Crippen LogP contribution in [0.4, 0.5) is 0 Å². The average molecular weight is 201 g/mol. The Kier molecular flexibility index (Phi) is 3.78. The number of carbonyl (C=O) groups is 1. The predicted octanol–water partition coefficient (Wildman–Crippen LogP) is -0.783. The largest absolute Gasteiger partial charge is 0.542 e. The normalized spacial score (nSPS) is 10.2.